The second-order valence-corrected chi connectivity index (χ2v) is 15.5. The molecule has 2 unspecified atom stereocenters. The molecule has 4 rings (SSSR count). The van der Waals surface area contributed by atoms with Crippen molar-refractivity contribution in [3.8, 4) is 5.75 Å². The van der Waals surface area contributed by atoms with Crippen LogP contribution in [-0.4, -0.2) is 48.0 Å². The van der Waals surface area contributed by atoms with Gasteiger partial charge < -0.3 is 23.7 Å². The fourth-order valence-electron chi connectivity index (χ4n) is 6.04. The summed E-state index contributed by atoms with van der Waals surface area (Å²) in [5, 5.41) is 4.99. The van der Waals surface area contributed by atoms with E-state index in [0.717, 1.165) is 43.2 Å². The maximum atomic E-state index is 13.5. The van der Waals surface area contributed by atoms with Crippen LogP contribution in [-0.2, 0) is 32.2 Å². The highest BCUT2D eigenvalue weighted by molar-refractivity contribution is 6.02. The van der Waals surface area contributed by atoms with Gasteiger partial charge in [0.1, 0.15) is 29.1 Å². The normalized spacial score (nSPS) is 16.4. The van der Waals surface area contributed by atoms with Crippen molar-refractivity contribution in [1.82, 2.24) is 10.6 Å². The van der Waals surface area contributed by atoms with E-state index in [-0.39, 0.29) is 35.9 Å². The third-order valence-corrected chi connectivity index (χ3v) is 8.52. The lowest BCUT2D eigenvalue weighted by Gasteiger charge is -2.27. The first-order valence-electron chi connectivity index (χ1n) is 19.0. The molecule has 1 aliphatic rings. The molecule has 0 heterocycles. The fraction of sp³-hybridized carbons (Fsp3) is 0.488. The largest absolute Gasteiger partial charge is 0.493 e. The number of rotatable bonds is 11. The van der Waals surface area contributed by atoms with Crippen molar-refractivity contribution in [3.05, 3.63) is 95.6 Å². The molecule has 2 N–H and O–H groups in total. The lowest BCUT2D eigenvalue weighted by atomic mass is 9.91. The second-order valence-electron chi connectivity index (χ2n) is 15.5. The van der Waals surface area contributed by atoms with E-state index in [9.17, 15) is 14.4 Å². The molecule has 2 atom stereocenters. The SMILES string of the molecule is CC(C)(C)OC(=O)NC(=Nc1ccc(C(=O)OCc2ccccc2)c(OCCC2CCCCCCCC2OCc2ccccc2)c1)NC(=O)OC(C)(C)C. The maximum Gasteiger partial charge on any atom is 0.414 e. The van der Waals surface area contributed by atoms with Crippen LogP contribution in [0, 0.1) is 5.92 Å². The minimum absolute atomic E-state index is 0.0820. The Kier molecular flexibility index (Phi) is 15.9. The van der Waals surface area contributed by atoms with E-state index in [1.165, 1.54) is 19.3 Å². The number of carbonyl (C=O) groups excluding carboxylic acids is 3. The number of amides is 2. The summed E-state index contributed by atoms with van der Waals surface area (Å²) in [6.07, 6.45) is 7.01. The van der Waals surface area contributed by atoms with Crippen molar-refractivity contribution >= 4 is 29.8 Å². The quantitative estimate of drug-likeness (QED) is 0.0858. The van der Waals surface area contributed by atoms with Crippen molar-refractivity contribution in [3.63, 3.8) is 0 Å². The molecule has 11 heteroatoms. The minimum atomic E-state index is -0.825. The van der Waals surface area contributed by atoms with E-state index in [1.807, 2.05) is 48.5 Å². The Morgan fingerprint density at radius 3 is 1.85 bits per heavy atom. The van der Waals surface area contributed by atoms with Gasteiger partial charge in [0.15, 0.2) is 0 Å². The van der Waals surface area contributed by atoms with Gasteiger partial charge in [0.25, 0.3) is 0 Å². The Labute approximate surface area is 320 Å². The molecule has 0 radical (unpaired) electrons. The highest BCUT2D eigenvalue weighted by Crippen LogP contribution is 2.31. The van der Waals surface area contributed by atoms with Crippen LogP contribution in [0.25, 0.3) is 0 Å². The number of hydrogen-bond acceptors (Lipinski definition) is 9. The van der Waals surface area contributed by atoms with Gasteiger partial charge in [0.2, 0.25) is 5.96 Å². The smallest absolute Gasteiger partial charge is 0.414 e. The summed E-state index contributed by atoms with van der Waals surface area (Å²) in [7, 11) is 0. The summed E-state index contributed by atoms with van der Waals surface area (Å²) in [5.74, 6) is -0.264. The van der Waals surface area contributed by atoms with Gasteiger partial charge in [0.05, 0.1) is 25.0 Å². The number of alkyl carbamates (subject to hydrolysis) is 2. The Balaban J connectivity index is 1.58. The molecule has 11 nitrogen and oxygen atoms in total. The van der Waals surface area contributed by atoms with E-state index in [0.29, 0.717) is 18.9 Å². The summed E-state index contributed by atoms with van der Waals surface area (Å²) >= 11 is 0. The molecule has 0 aliphatic heterocycles. The molecular weight excluding hydrogens is 686 g/mol. The molecule has 3 aromatic carbocycles. The second kappa shape index (κ2) is 20.5. The van der Waals surface area contributed by atoms with Gasteiger partial charge in [-0.2, -0.15) is 0 Å². The average molecular weight is 744 g/mol. The van der Waals surface area contributed by atoms with Gasteiger partial charge in [-0.3, -0.25) is 10.6 Å². The number of guanidine groups is 1. The molecule has 54 heavy (non-hydrogen) atoms. The predicted molar refractivity (Wildman–Crippen MR) is 209 cm³/mol. The first-order chi connectivity index (χ1) is 25.7. The summed E-state index contributed by atoms with van der Waals surface area (Å²) in [6, 6.07) is 24.4. The summed E-state index contributed by atoms with van der Waals surface area (Å²) in [6.45, 7) is 11.3. The Morgan fingerprint density at radius 2 is 1.26 bits per heavy atom. The van der Waals surface area contributed by atoms with E-state index < -0.39 is 29.4 Å². The van der Waals surface area contributed by atoms with Crippen LogP contribution < -0.4 is 15.4 Å². The molecule has 0 aromatic heterocycles. The van der Waals surface area contributed by atoms with Gasteiger partial charge in [-0.15, -0.1) is 0 Å². The molecule has 0 saturated heterocycles. The van der Waals surface area contributed by atoms with Crippen LogP contribution >= 0.6 is 0 Å². The zero-order chi connectivity index (χ0) is 39.0. The molecule has 0 bridgehead atoms. The van der Waals surface area contributed by atoms with Gasteiger partial charge in [-0.1, -0.05) is 92.8 Å². The van der Waals surface area contributed by atoms with Crippen LogP contribution in [0.3, 0.4) is 0 Å². The average Bonchev–Trinajstić information content (AvgIpc) is 3.21. The van der Waals surface area contributed by atoms with E-state index in [1.54, 1.807) is 59.7 Å². The van der Waals surface area contributed by atoms with Crippen molar-refractivity contribution < 1.29 is 38.1 Å². The first kappa shape index (κ1) is 41.9. The van der Waals surface area contributed by atoms with Gasteiger partial charge in [-0.25, -0.2) is 19.4 Å². The van der Waals surface area contributed by atoms with Crippen LogP contribution in [0.1, 0.15) is 114 Å². The number of hydrogen-bond donors (Lipinski definition) is 2. The number of benzene rings is 3. The molecule has 1 aliphatic carbocycles. The van der Waals surface area contributed by atoms with Crippen molar-refractivity contribution in [2.24, 2.45) is 10.9 Å². The minimum Gasteiger partial charge on any atom is -0.493 e. The van der Waals surface area contributed by atoms with E-state index >= 15 is 0 Å². The number of ether oxygens (including phenoxy) is 5. The Hall–Kier alpha value is -4.90. The number of aliphatic imine (C=N–C) groups is 1. The number of carbonyl (C=O) groups is 3. The molecule has 1 saturated carbocycles. The zero-order valence-corrected chi connectivity index (χ0v) is 32.7. The first-order valence-corrected chi connectivity index (χ1v) is 19.0. The summed E-state index contributed by atoms with van der Waals surface area (Å²) in [5.41, 5.74) is 0.902. The fourth-order valence-corrected chi connectivity index (χ4v) is 6.04. The Bertz CT molecular complexity index is 1630. The third-order valence-electron chi connectivity index (χ3n) is 8.52. The highest BCUT2D eigenvalue weighted by Gasteiger charge is 2.25. The Morgan fingerprint density at radius 1 is 0.704 bits per heavy atom. The molecule has 292 valence electrons. The van der Waals surface area contributed by atoms with Crippen LogP contribution in [0.4, 0.5) is 15.3 Å². The van der Waals surface area contributed by atoms with E-state index in [2.05, 4.69) is 27.8 Å². The molecular formula is C43H57N3O8. The van der Waals surface area contributed by atoms with Crippen LogP contribution in [0.5, 0.6) is 5.75 Å². The summed E-state index contributed by atoms with van der Waals surface area (Å²) in [4.78, 5) is 43.4. The van der Waals surface area contributed by atoms with Gasteiger partial charge in [0, 0.05) is 6.07 Å². The van der Waals surface area contributed by atoms with Crippen LogP contribution in [0.15, 0.2) is 83.9 Å². The molecule has 1 fully saturated rings. The monoisotopic (exact) mass is 743 g/mol. The molecule has 0 spiro atoms. The lowest BCUT2D eigenvalue weighted by Crippen LogP contribution is -2.47. The maximum absolute atomic E-state index is 13.5. The predicted octanol–water partition coefficient (Wildman–Crippen LogP) is 9.80. The molecule has 3 aromatic rings. The van der Waals surface area contributed by atoms with Crippen molar-refractivity contribution in [2.45, 2.75) is 123 Å². The topological polar surface area (TPSA) is 134 Å². The number of nitrogens with zero attached hydrogens (tertiary/aromatic N) is 1. The summed E-state index contributed by atoms with van der Waals surface area (Å²) < 4.78 is 29.4. The van der Waals surface area contributed by atoms with Crippen molar-refractivity contribution in [1.29, 1.82) is 0 Å². The number of nitrogens with one attached hydrogen (secondary N) is 2. The van der Waals surface area contributed by atoms with Crippen molar-refractivity contribution in [2.75, 3.05) is 6.61 Å². The lowest BCUT2D eigenvalue weighted by molar-refractivity contribution is -0.0137. The number of esters is 1. The third kappa shape index (κ3) is 15.6. The standard InChI is InChI=1S/C43H57N3O8/c1-42(2,3)53-40(48)45-39(46-41(49)54-43(4,5)6)44-34-24-25-35(38(47)52-30-32-20-14-11-15-21-32)37(28-34)50-27-26-33-22-16-8-7-9-17-23-36(33)51-29-31-18-12-10-13-19-31/h10-15,18-21,24-25,28,33,36H,7-9,16-17,22-23,26-27,29-30H2,1-6H3,(H2,44,45,46,48,49). The van der Waals surface area contributed by atoms with Gasteiger partial charge >= 0.3 is 18.2 Å². The zero-order valence-electron chi connectivity index (χ0n) is 32.7. The van der Waals surface area contributed by atoms with Gasteiger partial charge in [-0.05, 0) is 90.0 Å². The van der Waals surface area contributed by atoms with E-state index in [4.69, 9.17) is 23.7 Å². The molecule has 2 amide bonds. The van der Waals surface area contributed by atoms with Crippen LogP contribution in [0.2, 0.25) is 0 Å². The highest BCUT2D eigenvalue weighted by atomic mass is 16.6.